The van der Waals surface area contributed by atoms with Crippen molar-refractivity contribution in [3.63, 3.8) is 0 Å². The third kappa shape index (κ3) is 3.93. The molecule has 0 aromatic carbocycles. The molecule has 1 fully saturated rings. The Bertz CT molecular complexity index is 459. The first-order valence-corrected chi connectivity index (χ1v) is 7.70. The number of nitrogens with one attached hydrogen (secondary N) is 2. The van der Waals surface area contributed by atoms with Crippen LogP contribution in [0.15, 0.2) is 0 Å². The van der Waals surface area contributed by atoms with Crippen LogP contribution in [-0.2, 0) is 0 Å². The summed E-state index contributed by atoms with van der Waals surface area (Å²) < 4.78 is 0. The number of nitrogens with zero attached hydrogens (tertiary/aromatic N) is 4. The van der Waals surface area contributed by atoms with Crippen LogP contribution >= 0.6 is 0 Å². The average molecular weight is 294 g/mol. The topological polar surface area (TPSA) is 86.2 Å². The van der Waals surface area contributed by atoms with E-state index in [1.54, 1.807) is 7.05 Å². The Kier molecular flexibility index (Phi) is 5.17. The predicted octanol–water partition coefficient (Wildman–Crippen LogP) is 1.33. The number of aliphatic hydroxyl groups is 1. The zero-order valence-electron chi connectivity index (χ0n) is 13.2. The van der Waals surface area contributed by atoms with Gasteiger partial charge in [0.05, 0.1) is 0 Å². The number of rotatable bonds is 9. The fourth-order valence-electron chi connectivity index (χ4n) is 2.40. The number of aliphatic hydroxyl groups excluding tert-OH is 1. The van der Waals surface area contributed by atoms with Gasteiger partial charge in [0, 0.05) is 33.3 Å². The molecule has 0 aliphatic heterocycles. The van der Waals surface area contributed by atoms with E-state index in [0.29, 0.717) is 17.8 Å². The smallest absolute Gasteiger partial charge is 0.231 e. The molecule has 2 rings (SSSR count). The molecule has 0 unspecified atom stereocenters. The van der Waals surface area contributed by atoms with Gasteiger partial charge in [0.15, 0.2) is 0 Å². The van der Waals surface area contributed by atoms with E-state index in [1.807, 2.05) is 0 Å². The van der Waals surface area contributed by atoms with Gasteiger partial charge in [-0.1, -0.05) is 0 Å². The molecule has 1 heterocycles. The van der Waals surface area contributed by atoms with Crippen molar-refractivity contribution >= 4 is 17.8 Å². The molecule has 1 aliphatic carbocycles. The standard InChI is InChI=1S/C14H26N6O/c1-4-20(5-2)13-18-11(15-3)17-12(19-13)16-10-14(6-7-14)8-9-21/h21H,4-10H2,1-3H3,(H2,15,16,17,18,19). The van der Waals surface area contributed by atoms with E-state index < -0.39 is 0 Å². The average Bonchev–Trinajstić information content (AvgIpc) is 3.27. The molecule has 0 radical (unpaired) electrons. The summed E-state index contributed by atoms with van der Waals surface area (Å²) in [5, 5.41) is 15.4. The SMILES string of the molecule is CCN(CC)c1nc(NC)nc(NCC2(CCO)CC2)n1. The minimum Gasteiger partial charge on any atom is -0.396 e. The molecule has 7 nitrogen and oxygen atoms in total. The molecule has 0 amide bonds. The number of anilines is 3. The van der Waals surface area contributed by atoms with Crippen LogP contribution in [0.1, 0.15) is 33.1 Å². The molecule has 0 bridgehead atoms. The molecule has 0 saturated heterocycles. The Morgan fingerprint density at radius 1 is 1.14 bits per heavy atom. The molecule has 1 saturated carbocycles. The van der Waals surface area contributed by atoms with Gasteiger partial charge in [-0.3, -0.25) is 0 Å². The van der Waals surface area contributed by atoms with Crippen molar-refractivity contribution in [3.05, 3.63) is 0 Å². The highest BCUT2D eigenvalue weighted by atomic mass is 16.3. The summed E-state index contributed by atoms with van der Waals surface area (Å²) >= 11 is 0. The first-order chi connectivity index (χ1) is 10.2. The molecule has 3 N–H and O–H groups in total. The summed E-state index contributed by atoms with van der Waals surface area (Å²) in [7, 11) is 1.80. The summed E-state index contributed by atoms with van der Waals surface area (Å²) in [5.41, 5.74) is 0.233. The monoisotopic (exact) mass is 294 g/mol. The van der Waals surface area contributed by atoms with E-state index >= 15 is 0 Å². The summed E-state index contributed by atoms with van der Waals surface area (Å²) in [6.45, 7) is 6.93. The Morgan fingerprint density at radius 2 is 1.81 bits per heavy atom. The maximum absolute atomic E-state index is 9.12. The predicted molar refractivity (Wildman–Crippen MR) is 84.8 cm³/mol. The molecular weight excluding hydrogens is 268 g/mol. The molecule has 118 valence electrons. The van der Waals surface area contributed by atoms with Crippen molar-refractivity contribution in [3.8, 4) is 0 Å². The summed E-state index contributed by atoms with van der Waals surface area (Å²) in [5.74, 6) is 1.86. The van der Waals surface area contributed by atoms with E-state index in [2.05, 4.69) is 44.3 Å². The molecule has 1 aromatic heterocycles. The van der Waals surface area contributed by atoms with E-state index in [9.17, 15) is 0 Å². The second-order valence-electron chi connectivity index (χ2n) is 5.53. The van der Waals surface area contributed by atoms with Crippen LogP contribution in [0, 0.1) is 5.41 Å². The molecule has 1 aliphatic rings. The van der Waals surface area contributed by atoms with Crippen LogP contribution in [0.2, 0.25) is 0 Å². The second-order valence-corrected chi connectivity index (χ2v) is 5.53. The zero-order chi connectivity index (χ0) is 15.3. The van der Waals surface area contributed by atoms with Gasteiger partial charge in [-0.15, -0.1) is 0 Å². The third-order valence-electron chi connectivity index (χ3n) is 4.11. The van der Waals surface area contributed by atoms with Crippen LogP contribution < -0.4 is 15.5 Å². The van der Waals surface area contributed by atoms with Gasteiger partial charge in [-0.05, 0) is 38.5 Å². The van der Waals surface area contributed by atoms with Gasteiger partial charge in [0.2, 0.25) is 17.8 Å². The minimum absolute atomic E-state index is 0.233. The molecule has 21 heavy (non-hydrogen) atoms. The fraction of sp³-hybridized carbons (Fsp3) is 0.786. The number of hydrogen-bond acceptors (Lipinski definition) is 7. The molecule has 0 spiro atoms. The lowest BCUT2D eigenvalue weighted by molar-refractivity contribution is 0.253. The van der Waals surface area contributed by atoms with E-state index in [4.69, 9.17) is 5.11 Å². The number of aromatic nitrogens is 3. The Hall–Kier alpha value is -1.63. The van der Waals surface area contributed by atoms with Crippen molar-refractivity contribution in [1.82, 2.24) is 15.0 Å². The van der Waals surface area contributed by atoms with E-state index in [1.165, 1.54) is 0 Å². The maximum Gasteiger partial charge on any atom is 0.231 e. The Balaban J connectivity index is 2.09. The highest BCUT2D eigenvalue weighted by molar-refractivity contribution is 5.43. The van der Waals surface area contributed by atoms with E-state index in [0.717, 1.165) is 38.9 Å². The summed E-state index contributed by atoms with van der Waals surface area (Å²) in [6.07, 6.45) is 3.16. The lowest BCUT2D eigenvalue weighted by atomic mass is 10.0. The third-order valence-corrected chi connectivity index (χ3v) is 4.11. The molecule has 1 aromatic rings. The largest absolute Gasteiger partial charge is 0.396 e. The van der Waals surface area contributed by atoms with Crippen molar-refractivity contribution < 1.29 is 5.11 Å². The summed E-state index contributed by atoms with van der Waals surface area (Å²) in [4.78, 5) is 15.4. The first kappa shape index (κ1) is 15.8. The van der Waals surface area contributed by atoms with E-state index in [-0.39, 0.29) is 12.0 Å². The van der Waals surface area contributed by atoms with Gasteiger partial charge in [-0.25, -0.2) is 0 Å². The molecule has 0 atom stereocenters. The zero-order valence-corrected chi connectivity index (χ0v) is 13.2. The summed E-state index contributed by atoms with van der Waals surface area (Å²) in [6, 6.07) is 0. The highest BCUT2D eigenvalue weighted by Gasteiger charge is 2.41. The van der Waals surface area contributed by atoms with Crippen molar-refractivity contribution in [2.45, 2.75) is 33.1 Å². The van der Waals surface area contributed by atoms with Crippen molar-refractivity contribution in [1.29, 1.82) is 0 Å². The molecule has 7 heteroatoms. The quantitative estimate of drug-likeness (QED) is 0.633. The normalized spacial score (nSPS) is 15.6. The Morgan fingerprint density at radius 3 is 2.33 bits per heavy atom. The fourth-order valence-corrected chi connectivity index (χ4v) is 2.40. The molecular formula is C14H26N6O. The van der Waals surface area contributed by atoms with Gasteiger partial charge >= 0.3 is 0 Å². The highest BCUT2D eigenvalue weighted by Crippen LogP contribution is 2.48. The van der Waals surface area contributed by atoms with Gasteiger partial charge < -0.3 is 20.6 Å². The Labute approximate surface area is 126 Å². The van der Waals surface area contributed by atoms with Crippen LogP contribution in [0.4, 0.5) is 17.8 Å². The maximum atomic E-state index is 9.12. The second kappa shape index (κ2) is 6.89. The first-order valence-electron chi connectivity index (χ1n) is 7.70. The van der Waals surface area contributed by atoms with Crippen LogP contribution in [0.5, 0.6) is 0 Å². The van der Waals surface area contributed by atoms with Gasteiger partial charge in [-0.2, -0.15) is 15.0 Å². The van der Waals surface area contributed by atoms with Crippen molar-refractivity contribution in [2.24, 2.45) is 5.41 Å². The lowest BCUT2D eigenvalue weighted by Gasteiger charge is -2.20. The minimum atomic E-state index is 0.233. The van der Waals surface area contributed by atoms with Crippen LogP contribution in [0.25, 0.3) is 0 Å². The van der Waals surface area contributed by atoms with Gasteiger partial charge in [0.25, 0.3) is 0 Å². The lowest BCUT2D eigenvalue weighted by Crippen LogP contribution is -2.26. The van der Waals surface area contributed by atoms with Crippen LogP contribution in [0.3, 0.4) is 0 Å². The van der Waals surface area contributed by atoms with Gasteiger partial charge in [0.1, 0.15) is 0 Å². The van der Waals surface area contributed by atoms with Crippen LogP contribution in [-0.4, -0.2) is 53.3 Å². The van der Waals surface area contributed by atoms with Crippen molar-refractivity contribution in [2.75, 3.05) is 48.8 Å². The number of hydrogen-bond donors (Lipinski definition) is 3.